The summed E-state index contributed by atoms with van der Waals surface area (Å²) in [6, 6.07) is 6.34. The van der Waals surface area contributed by atoms with E-state index in [-0.39, 0.29) is 24.1 Å². The standard InChI is InChI=1S/C19H28FN3O2.ClH/c20-17-4-2-16(3-5-17)19(6-14-25-15-7-19)18(24)22-8-1-11-23-12-9-21-10-13-23;/h2-5,21H,1,6-15H2,(H,22,24);1H. The molecule has 2 heterocycles. The third-order valence-electron chi connectivity index (χ3n) is 5.32. The van der Waals surface area contributed by atoms with E-state index in [1.54, 1.807) is 12.1 Å². The van der Waals surface area contributed by atoms with Crippen molar-refractivity contribution in [2.45, 2.75) is 24.7 Å². The first-order valence-electron chi connectivity index (χ1n) is 9.26. The fourth-order valence-corrected chi connectivity index (χ4v) is 3.74. The lowest BCUT2D eigenvalue weighted by Gasteiger charge is -2.36. The fraction of sp³-hybridized carbons (Fsp3) is 0.632. The van der Waals surface area contributed by atoms with E-state index in [2.05, 4.69) is 15.5 Å². The molecule has 5 nitrogen and oxygen atoms in total. The highest BCUT2D eigenvalue weighted by Gasteiger charge is 2.41. The number of rotatable bonds is 6. The Balaban J connectivity index is 0.00000243. The Bertz CT molecular complexity index is 558. The number of nitrogens with one attached hydrogen (secondary N) is 2. The molecule has 1 aromatic rings. The Kier molecular flexibility index (Phi) is 8.28. The maximum absolute atomic E-state index is 13.3. The van der Waals surface area contributed by atoms with E-state index in [9.17, 15) is 9.18 Å². The number of hydrogen-bond donors (Lipinski definition) is 2. The molecule has 2 fully saturated rings. The minimum atomic E-state index is -0.596. The van der Waals surface area contributed by atoms with Gasteiger partial charge in [-0.05, 0) is 43.5 Å². The van der Waals surface area contributed by atoms with Crippen LogP contribution in [-0.2, 0) is 14.9 Å². The molecule has 7 heteroatoms. The Hall–Kier alpha value is -1.21. The second-order valence-corrected chi connectivity index (χ2v) is 6.90. The van der Waals surface area contributed by atoms with Crippen LogP contribution in [0.25, 0.3) is 0 Å². The molecule has 0 aromatic heterocycles. The summed E-state index contributed by atoms with van der Waals surface area (Å²) in [4.78, 5) is 15.4. The van der Waals surface area contributed by atoms with E-state index in [1.807, 2.05) is 0 Å². The molecule has 2 saturated heterocycles. The largest absolute Gasteiger partial charge is 0.381 e. The van der Waals surface area contributed by atoms with E-state index in [4.69, 9.17) is 4.74 Å². The first-order valence-corrected chi connectivity index (χ1v) is 9.26. The van der Waals surface area contributed by atoms with Crippen LogP contribution in [0.15, 0.2) is 24.3 Å². The van der Waals surface area contributed by atoms with Crippen molar-refractivity contribution in [3.63, 3.8) is 0 Å². The van der Waals surface area contributed by atoms with Gasteiger partial charge in [-0.2, -0.15) is 0 Å². The average Bonchev–Trinajstić information content (AvgIpc) is 2.67. The summed E-state index contributed by atoms with van der Waals surface area (Å²) in [7, 11) is 0. The second-order valence-electron chi connectivity index (χ2n) is 6.90. The monoisotopic (exact) mass is 385 g/mol. The third-order valence-corrected chi connectivity index (χ3v) is 5.32. The van der Waals surface area contributed by atoms with Crippen molar-refractivity contribution in [3.8, 4) is 0 Å². The lowest BCUT2D eigenvalue weighted by molar-refractivity contribution is -0.130. The second kappa shape index (κ2) is 10.2. The number of nitrogens with zero attached hydrogens (tertiary/aromatic N) is 1. The first kappa shape index (κ1) is 21.1. The van der Waals surface area contributed by atoms with Crippen molar-refractivity contribution in [3.05, 3.63) is 35.6 Å². The predicted octanol–water partition coefficient (Wildman–Crippen LogP) is 1.71. The van der Waals surface area contributed by atoms with Gasteiger partial charge >= 0.3 is 0 Å². The van der Waals surface area contributed by atoms with Gasteiger partial charge in [-0.1, -0.05) is 12.1 Å². The Labute approximate surface area is 161 Å². The molecule has 0 bridgehead atoms. The predicted molar refractivity (Wildman–Crippen MR) is 102 cm³/mol. The van der Waals surface area contributed by atoms with Crippen LogP contribution in [0, 0.1) is 5.82 Å². The van der Waals surface area contributed by atoms with Gasteiger partial charge in [0.1, 0.15) is 5.82 Å². The third kappa shape index (κ3) is 5.16. The van der Waals surface area contributed by atoms with Crippen molar-refractivity contribution < 1.29 is 13.9 Å². The van der Waals surface area contributed by atoms with Gasteiger partial charge < -0.3 is 20.3 Å². The SMILES string of the molecule is Cl.O=C(NCCCN1CCNCC1)C1(c2ccc(F)cc2)CCOCC1. The van der Waals surface area contributed by atoms with Gasteiger partial charge in [-0.3, -0.25) is 4.79 Å². The van der Waals surface area contributed by atoms with Gasteiger partial charge in [0.05, 0.1) is 5.41 Å². The number of hydrogen-bond acceptors (Lipinski definition) is 4. The highest BCUT2D eigenvalue weighted by molar-refractivity contribution is 5.88. The van der Waals surface area contributed by atoms with Crippen molar-refractivity contribution in [1.82, 2.24) is 15.5 Å². The molecular weight excluding hydrogens is 357 g/mol. The zero-order valence-electron chi connectivity index (χ0n) is 15.1. The zero-order chi connectivity index (χ0) is 17.5. The van der Waals surface area contributed by atoms with Crippen LogP contribution in [0.1, 0.15) is 24.8 Å². The van der Waals surface area contributed by atoms with Crippen LogP contribution in [0.2, 0.25) is 0 Å². The molecule has 0 atom stereocenters. The lowest BCUT2D eigenvalue weighted by Crippen LogP contribution is -2.49. The number of carbonyl (C=O) groups is 1. The summed E-state index contributed by atoms with van der Waals surface area (Å²) in [5.41, 5.74) is 0.290. The van der Waals surface area contributed by atoms with E-state index < -0.39 is 5.41 Å². The van der Waals surface area contributed by atoms with Crippen LogP contribution in [-0.4, -0.2) is 63.3 Å². The molecule has 1 aromatic carbocycles. The summed E-state index contributed by atoms with van der Waals surface area (Å²) in [6.45, 7) is 7.04. The van der Waals surface area contributed by atoms with Gasteiger partial charge in [0.15, 0.2) is 0 Å². The smallest absolute Gasteiger partial charge is 0.230 e. The summed E-state index contributed by atoms with van der Waals surface area (Å²) in [5, 5.41) is 6.46. The van der Waals surface area contributed by atoms with Crippen LogP contribution < -0.4 is 10.6 Å². The summed E-state index contributed by atoms with van der Waals surface area (Å²) < 4.78 is 18.7. The topological polar surface area (TPSA) is 53.6 Å². The van der Waals surface area contributed by atoms with Crippen LogP contribution in [0.4, 0.5) is 4.39 Å². The van der Waals surface area contributed by atoms with Crippen molar-refractivity contribution >= 4 is 18.3 Å². The van der Waals surface area contributed by atoms with Crippen LogP contribution in [0.3, 0.4) is 0 Å². The number of benzene rings is 1. The van der Waals surface area contributed by atoms with Gasteiger partial charge in [0.25, 0.3) is 0 Å². The molecule has 3 rings (SSSR count). The summed E-state index contributed by atoms with van der Waals surface area (Å²) >= 11 is 0. The van der Waals surface area contributed by atoms with Crippen molar-refractivity contribution in [1.29, 1.82) is 0 Å². The van der Waals surface area contributed by atoms with E-state index in [0.29, 0.717) is 32.6 Å². The molecule has 2 aliphatic heterocycles. The maximum Gasteiger partial charge on any atom is 0.230 e. The van der Waals surface area contributed by atoms with E-state index in [1.165, 1.54) is 12.1 Å². The number of amides is 1. The van der Waals surface area contributed by atoms with Crippen molar-refractivity contribution in [2.75, 3.05) is 52.5 Å². The first-order chi connectivity index (χ1) is 12.2. The molecule has 26 heavy (non-hydrogen) atoms. The Morgan fingerprint density at radius 1 is 1.19 bits per heavy atom. The van der Waals surface area contributed by atoms with Gasteiger partial charge in [-0.25, -0.2) is 4.39 Å². The fourth-order valence-electron chi connectivity index (χ4n) is 3.74. The minimum Gasteiger partial charge on any atom is -0.381 e. The highest BCUT2D eigenvalue weighted by atomic mass is 35.5. The highest BCUT2D eigenvalue weighted by Crippen LogP contribution is 2.35. The number of carbonyl (C=O) groups excluding carboxylic acids is 1. The minimum absolute atomic E-state index is 0. The number of halogens is 2. The van der Waals surface area contributed by atoms with E-state index >= 15 is 0 Å². The molecule has 0 radical (unpaired) electrons. The molecule has 1 amide bonds. The molecule has 2 aliphatic rings. The number of piperazine rings is 1. The molecule has 0 saturated carbocycles. The van der Waals surface area contributed by atoms with E-state index in [0.717, 1.165) is 44.7 Å². The van der Waals surface area contributed by atoms with Crippen LogP contribution >= 0.6 is 12.4 Å². The lowest BCUT2D eigenvalue weighted by atomic mass is 9.73. The average molecular weight is 386 g/mol. The molecule has 0 spiro atoms. The number of ether oxygens (including phenoxy) is 1. The molecule has 0 aliphatic carbocycles. The molecule has 146 valence electrons. The molecule has 2 N–H and O–H groups in total. The molecule has 0 unspecified atom stereocenters. The Morgan fingerprint density at radius 3 is 2.50 bits per heavy atom. The Morgan fingerprint density at radius 2 is 1.85 bits per heavy atom. The van der Waals surface area contributed by atoms with Gasteiger partial charge in [-0.15, -0.1) is 12.4 Å². The normalized spacial score (nSPS) is 20.2. The summed E-state index contributed by atoms with van der Waals surface area (Å²) in [5.74, 6) is -0.231. The molecular formula is C19H29ClFN3O2. The zero-order valence-corrected chi connectivity index (χ0v) is 16.0. The summed E-state index contributed by atoms with van der Waals surface area (Å²) in [6.07, 6.45) is 2.23. The van der Waals surface area contributed by atoms with Gasteiger partial charge in [0.2, 0.25) is 5.91 Å². The van der Waals surface area contributed by atoms with Gasteiger partial charge in [0, 0.05) is 45.9 Å². The van der Waals surface area contributed by atoms with Crippen LogP contribution in [0.5, 0.6) is 0 Å². The van der Waals surface area contributed by atoms with Crippen molar-refractivity contribution in [2.24, 2.45) is 0 Å². The maximum atomic E-state index is 13.3. The quantitative estimate of drug-likeness (QED) is 0.732.